The molecule has 0 radical (unpaired) electrons. The number of furan rings is 1. The minimum atomic E-state index is 0.108. The summed E-state index contributed by atoms with van der Waals surface area (Å²) in [5.74, 6) is 0.942. The molecule has 0 amide bonds. The minimum absolute atomic E-state index is 0.108. The molecule has 0 fully saturated rings. The topological polar surface area (TPSA) is 42.6 Å². The molecule has 0 aliphatic carbocycles. The standard InChI is InChI=1S/C21H17ClN2OS/c22-18-10-5-4-9-17(18)21-24-16(14-26-21)13-23-20(19-11-6-12-25-19)15-7-2-1-3-8-15/h1-12,14,20,23H,13H2/p+1/t20-/m0/s1. The van der Waals surface area contributed by atoms with E-state index in [2.05, 4.69) is 35.0 Å². The first-order valence-electron chi connectivity index (χ1n) is 8.42. The van der Waals surface area contributed by atoms with Crippen LogP contribution in [0.25, 0.3) is 10.6 Å². The molecule has 2 heterocycles. The number of nitrogens with zero attached hydrogens (tertiary/aromatic N) is 1. The highest BCUT2D eigenvalue weighted by molar-refractivity contribution is 7.13. The van der Waals surface area contributed by atoms with Crippen molar-refractivity contribution in [2.75, 3.05) is 0 Å². The summed E-state index contributed by atoms with van der Waals surface area (Å²) in [6, 6.07) is 22.3. The highest BCUT2D eigenvalue weighted by Crippen LogP contribution is 2.30. The van der Waals surface area contributed by atoms with Gasteiger partial charge in [0, 0.05) is 16.5 Å². The van der Waals surface area contributed by atoms with E-state index < -0.39 is 0 Å². The molecule has 26 heavy (non-hydrogen) atoms. The monoisotopic (exact) mass is 381 g/mol. The molecule has 2 aromatic carbocycles. The zero-order valence-corrected chi connectivity index (χ0v) is 15.6. The van der Waals surface area contributed by atoms with Crippen molar-refractivity contribution in [1.29, 1.82) is 0 Å². The molecule has 5 heteroatoms. The zero-order valence-electron chi connectivity index (χ0n) is 14.0. The molecule has 0 unspecified atom stereocenters. The number of hydrogen-bond acceptors (Lipinski definition) is 3. The molecule has 0 aliphatic rings. The molecule has 0 saturated heterocycles. The summed E-state index contributed by atoms with van der Waals surface area (Å²) in [7, 11) is 0. The number of hydrogen-bond donors (Lipinski definition) is 1. The maximum absolute atomic E-state index is 6.29. The van der Waals surface area contributed by atoms with Gasteiger partial charge < -0.3 is 9.73 Å². The fourth-order valence-corrected chi connectivity index (χ4v) is 4.10. The predicted molar refractivity (Wildman–Crippen MR) is 105 cm³/mol. The van der Waals surface area contributed by atoms with Crippen LogP contribution in [0.4, 0.5) is 0 Å². The van der Waals surface area contributed by atoms with Gasteiger partial charge in [0.2, 0.25) is 0 Å². The summed E-state index contributed by atoms with van der Waals surface area (Å²) in [5, 5.41) is 6.03. The SMILES string of the molecule is Clc1ccccc1-c1nc(C[NH2+][C@@H](c2ccccc2)c2ccco2)cs1. The quantitative estimate of drug-likeness (QED) is 0.515. The lowest BCUT2D eigenvalue weighted by atomic mass is 10.0. The van der Waals surface area contributed by atoms with Crippen LogP contribution in [0.5, 0.6) is 0 Å². The van der Waals surface area contributed by atoms with E-state index in [1.54, 1.807) is 17.6 Å². The number of aromatic nitrogens is 1. The third-order valence-electron chi connectivity index (χ3n) is 4.23. The zero-order chi connectivity index (χ0) is 17.8. The largest absolute Gasteiger partial charge is 0.463 e. The van der Waals surface area contributed by atoms with E-state index in [1.165, 1.54) is 5.56 Å². The Morgan fingerprint density at radius 2 is 1.81 bits per heavy atom. The first-order valence-corrected chi connectivity index (χ1v) is 9.68. The molecular formula is C21H18ClN2OS+. The van der Waals surface area contributed by atoms with Gasteiger partial charge in [-0.25, -0.2) is 4.98 Å². The van der Waals surface area contributed by atoms with E-state index in [4.69, 9.17) is 21.0 Å². The maximum atomic E-state index is 6.29. The van der Waals surface area contributed by atoms with E-state index in [0.717, 1.165) is 33.6 Å². The Hall–Kier alpha value is -2.40. The molecule has 2 N–H and O–H groups in total. The normalized spacial score (nSPS) is 12.2. The second-order valence-electron chi connectivity index (χ2n) is 5.97. The van der Waals surface area contributed by atoms with Crippen LogP contribution < -0.4 is 5.32 Å². The van der Waals surface area contributed by atoms with Gasteiger partial charge in [-0.3, -0.25) is 0 Å². The molecule has 3 nitrogen and oxygen atoms in total. The first-order chi connectivity index (χ1) is 12.8. The van der Waals surface area contributed by atoms with Gasteiger partial charge in [-0.2, -0.15) is 0 Å². The van der Waals surface area contributed by atoms with Crippen LogP contribution in [0.1, 0.15) is 23.1 Å². The number of thiazole rings is 1. The highest BCUT2D eigenvalue weighted by atomic mass is 35.5. The predicted octanol–water partition coefficient (Wildman–Crippen LogP) is 4.91. The second-order valence-corrected chi connectivity index (χ2v) is 7.23. The number of halogens is 1. The van der Waals surface area contributed by atoms with Gasteiger partial charge in [0.05, 0.1) is 11.3 Å². The van der Waals surface area contributed by atoms with Crippen molar-refractivity contribution >= 4 is 22.9 Å². The van der Waals surface area contributed by atoms with Crippen molar-refractivity contribution in [3.8, 4) is 10.6 Å². The number of benzene rings is 2. The van der Waals surface area contributed by atoms with Gasteiger partial charge in [-0.15, -0.1) is 11.3 Å². The Morgan fingerprint density at radius 1 is 1.00 bits per heavy atom. The van der Waals surface area contributed by atoms with E-state index in [9.17, 15) is 0 Å². The molecule has 4 rings (SSSR count). The summed E-state index contributed by atoms with van der Waals surface area (Å²) < 4.78 is 5.66. The van der Waals surface area contributed by atoms with Crippen LogP contribution in [-0.2, 0) is 6.54 Å². The molecule has 2 aromatic heterocycles. The van der Waals surface area contributed by atoms with Crippen molar-refractivity contribution in [3.05, 3.63) is 100 Å². The summed E-state index contributed by atoms with van der Waals surface area (Å²) in [6.45, 7) is 0.765. The van der Waals surface area contributed by atoms with Crippen LogP contribution in [-0.4, -0.2) is 4.98 Å². The lowest BCUT2D eigenvalue weighted by Gasteiger charge is -2.13. The van der Waals surface area contributed by atoms with Crippen LogP contribution >= 0.6 is 22.9 Å². The summed E-state index contributed by atoms with van der Waals surface area (Å²) in [4.78, 5) is 4.76. The average molecular weight is 382 g/mol. The van der Waals surface area contributed by atoms with Crippen molar-refractivity contribution in [2.24, 2.45) is 0 Å². The van der Waals surface area contributed by atoms with Crippen LogP contribution in [0, 0.1) is 0 Å². The third kappa shape index (κ3) is 3.73. The summed E-state index contributed by atoms with van der Waals surface area (Å²) >= 11 is 7.91. The Morgan fingerprint density at radius 3 is 2.58 bits per heavy atom. The van der Waals surface area contributed by atoms with Crippen molar-refractivity contribution < 1.29 is 9.73 Å². The summed E-state index contributed by atoms with van der Waals surface area (Å²) in [5.41, 5.74) is 3.23. The first kappa shape index (κ1) is 17.0. The van der Waals surface area contributed by atoms with Gasteiger partial charge in [0.1, 0.15) is 17.2 Å². The van der Waals surface area contributed by atoms with Crippen LogP contribution in [0.15, 0.2) is 82.8 Å². The summed E-state index contributed by atoms with van der Waals surface area (Å²) in [6.07, 6.45) is 1.72. The molecule has 1 atom stereocenters. The van der Waals surface area contributed by atoms with E-state index in [-0.39, 0.29) is 6.04 Å². The fraction of sp³-hybridized carbons (Fsp3) is 0.0952. The minimum Gasteiger partial charge on any atom is -0.463 e. The Kier molecular flexibility index (Phi) is 5.16. The molecule has 0 saturated carbocycles. The Labute approximate surface area is 161 Å². The molecule has 130 valence electrons. The molecular weight excluding hydrogens is 364 g/mol. The van der Waals surface area contributed by atoms with Crippen LogP contribution in [0.2, 0.25) is 5.02 Å². The van der Waals surface area contributed by atoms with Gasteiger partial charge in [-0.1, -0.05) is 60.1 Å². The van der Waals surface area contributed by atoms with E-state index in [1.807, 2.05) is 42.5 Å². The Balaban J connectivity index is 1.53. The number of rotatable bonds is 6. The van der Waals surface area contributed by atoms with Gasteiger partial charge in [0.25, 0.3) is 0 Å². The Bertz CT molecular complexity index is 967. The van der Waals surface area contributed by atoms with Crippen molar-refractivity contribution in [1.82, 2.24) is 4.98 Å². The molecule has 0 spiro atoms. The average Bonchev–Trinajstić information content (AvgIpc) is 3.36. The highest BCUT2D eigenvalue weighted by Gasteiger charge is 2.20. The van der Waals surface area contributed by atoms with Crippen molar-refractivity contribution in [2.45, 2.75) is 12.6 Å². The fourth-order valence-electron chi connectivity index (χ4n) is 2.94. The van der Waals surface area contributed by atoms with Gasteiger partial charge in [-0.05, 0) is 18.2 Å². The molecule has 4 aromatic rings. The molecule has 0 aliphatic heterocycles. The molecule has 0 bridgehead atoms. The van der Waals surface area contributed by atoms with Gasteiger partial charge >= 0.3 is 0 Å². The number of nitrogens with two attached hydrogens (primary N) is 1. The third-order valence-corrected chi connectivity index (χ3v) is 5.48. The van der Waals surface area contributed by atoms with E-state index in [0.29, 0.717) is 0 Å². The van der Waals surface area contributed by atoms with Gasteiger partial charge in [0.15, 0.2) is 11.8 Å². The lowest BCUT2D eigenvalue weighted by molar-refractivity contribution is -0.704. The second kappa shape index (κ2) is 7.87. The maximum Gasteiger partial charge on any atom is 0.170 e. The van der Waals surface area contributed by atoms with E-state index >= 15 is 0 Å². The smallest absolute Gasteiger partial charge is 0.170 e. The lowest BCUT2D eigenvalue weighted by Crippen LogP contribution is -2.83. The van der Waals surface area contributed by atoms with Crippen LogP contribution in [0.3, 0.4) is 0 Å². The van der Waals surface area contributed by atoms with Crippen molar-refractivity contribution in [3.63, 3.8) is 0 Å². The number of quaternary nitrogens is 1.